The number of thiophene rings is 1. The molecule has 0 unspecified atom stereocenters. The topological polar surface area (TPSA) is 122 Å². The Hall–Kier alpha value is -4.10. The summed E-state index contributed by atoms with van der Waals surface area (Å²) in [5.41, 5.74) is 4.73. The summed E-state index contributed by atoms with van der Waals surface area (Å²) in [4.78, 5) is 21.8. The average molecular weight is 690 g/mol. The van der Waals surface area contributed by atoms with Crippen LogP contribution >= 0.6 is 22.9 Å². The molecule has 0 saturated heterocycles. The molecule has 244 valence electrons. The lowest BCUT2D eigenvalue weighted by molar-refractivity contribution is -0.121. The number of anilines is 1. The summed E-state index contributed by atoms with van der Waals surface area (Å²) in [6.07, 6.45) is 0.464. The zero-order valence-electron chi connectivity index (χ0n) is 26.8. The molecule has 2 aromatic heterocycles. The number of fused-ring (bicyclic) bond motifs is 4. The third-order valence-corrected chi connectivity index (χ3v) is 11.3. The highest BCUT2D eigenvalue weighted by Crippen LogP contribution is 2.39. The molecular formula is C34H36ClN7O3S2. The summed E-state index contributed by atoms with van der Waals surface area (Å²) in [6, 6.07) is 17.9. The Balaban J connectivity index is 1.16. The molecule has 10 nitrogen and oxygen atoms in total. The molecule has 0 radical (unpaired) electrons. The summed E-state index contributed by atoms with van der Waals surface area (Å²) < 4.78 is 31.2. The average Bonchev–Trinajstić information content (AvgIpc) is 3.52. The number of carbonyl (C=O) groups is 1. The normalized spacial score (nSPS) is 14.3. The van der Waals surface area contributed by atoms with Crippen LogP contribution in [0.3, 0.4) is 0 Å². The van der Waals surface area contributed by atoms with Crippen molar-refractivity contribution in [3.05, 3.63) is 98.9 Å². The Kier molecular flexibility index (Phi) is 9.21. The number of nitrogens with zero attached hydrogens (tertiary/aromatic N) is 5. The maximum absolute atomic E-state index is 13.3. The second-order valence-corrected chi connectivity index (χ2v) is 15.1. The molecule has 6 rings (SSSR count). The number of hydrogen-bond donors (Lipinski definition) is 2. The van der Waals surface area contributed by atoms with Gasteiger partial charge >= 0.3 is 0 Å². The Morgan fingerprint density at radius 2 is 1.70 bits per heavy atom. The SMILES string of the molecule is Cc1sc2c(c1C)C(c1ccc(Cl)cc1)=N[C@@H](CC(=O)NCCCNS(=O)(=O)c1cccc3c(N(C)C)cccc13)c1nnc(C)n1-2. The van der Waals surface area contributed by atoms with Gasteiger partial charge in [-0.15, -0.1) is 21.5 Å². The predicted molar refractivity (Wildman–Crippen MR) is 189 cm³/mol. The minimum Gasteiger partial charge on any atom is -0.377 e. The third kappa shape index (κ3) is 6.42. The molecule has 0 aliphatic carbocycles. The van der Waals surface area contributed by atoms with Crippen LogP contribution in [0.5, 0.6) is 0 Å². The summed E-state index contributed by atoms with van der Waals surface area (Å²) in [7, 11) is 0.0794. The van der Waals surface area contributed by atoms with Crippen molar-refractivity contribution >= 4 is 61.0 Å². The predicted octanol–water partition coefficient (Wildman–Crippen LogP) is 5.89. The van der Waals surface area contributed by atoms with Gasteiger partial charge in [-0.3, -0.25) is 14.4 Å². The highest BCUT2D eigenvalue weighted by atomic mass is 35.5. The standard InChI is InChI=1S/C34H36ClN7O3S2/c1-20-21(2)46-34-31(20)32(23-13-15-24(35)16-14-23)38-27(33-40-39-22(3)42(33)34)19-30(43)36-17-8-18-37-47(44,45)29-12-7-9-25-26(29)10-6-11-28(25)41(4)5/h6-7,9-16,27,37H,8,17-19H2,1-5H3,(H,36,43)/t27-/m0/s1. The Morgan fingerprint density at radius 3 is 2.45 bits per heavy atom. The maximum atomic E-state index is 13.3. The fraction of sp³-hybridized carbons (Fsp3) is 0.294. The molecule has 5 aromatic rings. The van der Waals surface area contributed by atoms with Gasteiger partial charge in [0.2, 0.25) is 15.9 Å². The van der Waals surface area contributed by atoms with Gasteiger partial charge in [0.15, 0.2) is 5.82 Å². The number of benzene rings is 3. The highest BCUT2D eigenvalue weighted by Gasteiger charge is 2.32. The quantitative estimate of drug-likeness (QED) is 0.176. The van der Waals surface area contributed by atoms with Crippen LogP contribution in [-0.4, -0.2) is 62.0 Å². The van der Waals surface area contributed by atoms with E-state index in [9.17, 15) is 13.2 Å². The van der Waals surface area contributed by atoms with E-state index in [1.807, 2.05) is 79.0 Å². The van der Waals surface area contributed by atoms with Crippen molar-refractivity contribution in [1.82, 2.24) is 24.8 Å². The van der Waals surface area contributed by atoms with Crippen LogP contribution in [0.4, 0.5) is 5.69 Å². The minimum atomic E-state index is -3.77. The lowest BCUT2D eigenvalue weighted by atomic mass is 9.99. The smallest absolute Gasteiger partial charge is 0.241 e. The van der Waals surface area contributed by atoms with E-state index in [-0.39, 0.29) is 23.8 Å². The first-order valence-corrected chi connectivity index (χ1v) is 18.0. The van der Waals surface area contributed by atoms with Gasteiger partial charge in [-0.25, -0.2) is 13.1 Å². The first-order valence-electron chi connectivity index (χ1n) is 15.3. The lowest BCUT2D eigenvalue weighted by Crippen LogP contribution is -2.30. The van der Waals surface area contributed by atoms with Crippen LogP contribution < -0.4 is 14.9 Å². The van der Waals surface area contributed by atoms with E-state index in [4.69, 9.17) is 16.6 Å². The zero-order valence-corrected chi connectivity index (χ0v) is 29.2. The fourth-order valence-corrected chi connectivity index (χ4v) is 8.50. The van der Waals surface area contributed by atoms with E-state index >= 15 is 0 Å². The number of carbonyl (C=O) groups excluding carboxylic acids is 1. The summed E-state index contributed by atoms with van der Waals surface area (Å²) in [6.45, 7) is 6.52. The Morgan fingerprint density at radius 1 is 0.979 bits per heavy atom. The molecule has 1 amide bonds. The van der Waals surface area contributed by atoms with Gasteiger partial charge in [0, 0.05) is 64.7 Å². The number of sulfonamides is 1. The second kappa shape index (κ2) is 13.2. The van der Waals surface area contributed by atoms with E-state index in [1.165, 1.54) is 4.88 Å². The largest absolute Gasteiger partial charge is 0.377 e. The highest BCUT2D eigenvalue weighted by molar-refractivity contribution is 7.89. The van der Waals surface area contributed by atoms with Gasteiger partial charge in [-0.05, 0) is 57.0 Å². The third-order valence-electron chi connectivity index (χ3n) is 8.33. The number of aliphatic imine (C=N–C) groups is 1. The molecule has 0 saturated carbocycles. The van der Waals surface area contributed by atoms with Crippen LogP contribution in [-0.2, 0) is 14.8 Å². The Labute approximate surface area is 283 Å². The molecule has 0 bridgehead atoms. The molecular weight excluding hydrogens is 654 g/mol. The van der Waals surface area contributed by atoms with Crippen molar-refractivity contribution in [3.63, 3.8) is 0 Å². The van der Waals surface area contributed by atoms with Gasteiger partial charge in [0.05, 0.1) is 17.0 Å². The van der Waals surface area contributed by atoms with E-state index in [1.54, 1.807) is 23.5 Å². The number of aryl methyl sites for hydroxylation is 2. The van der Waals surface area contributed by atoms with Crippen LogP contribution in [0, 0.1) is 20.8 Å². The minimum absolute atomic E-state index is 0.0537. The summed E-state index contributed by atoms with van der Waals surface area (Å²) >= 11 is 7.86. The molecule has 3 heterocycles. The van der Waals surface area contributed by atoms with Crippen molar-refractivity contribution in [2.24, 2.45) is 4.99 Å². The van der Waals surface area contributed by atoms with Crippen molar-refractivity contribution in [1.29, 1.82) is 0 Å². The zero-order chi connectivity index (χ0) is 33.5. The number of halogens is 1. The fourth-order valence-electron chi connectivity index (χ4n) is 5.87. The van der Waals surface area contributed by atoms with Gasteiger partial charge in [0.1, 0.15) is 16.9 Å². The van der Waals surface area contributed by atoms with Gasteiger partial charge < -0.3 is 10.2 Å². The van der Waals surface area contributed by atoms with Crippen molar-refractivity contribution in [3.8, 4) is 5.00 Å². The number of hydrogen-bond acceptors (Lipinski definition) is 8. The molecule has 1 aliphatic heterocycles. The van der Waals surface area contributed by atoms with Crippen molar-refractivity contribution < 1.29 is 13.2 Å². The lowest BCUT2D eigenvalue weighted by Gasteiger charge is -2.17. The Bertz CT molecular complexity index is 2120. The second-order valence-electron chi connectivity index (χ2n) is 11.7. The number of aromatic nitrogens is 3. The number of amides is 1. The molecule has 1 aliphatic rings. The van der Waals surface area contributed by atoms with E-state index in [0.717, 1.165) is 44.3 Å². The number of rotatable bonds is 10. The molecule has 1 atom stereocenters. The first kappa shape index (κ1) is 32.8. The van der Waals surface area contributed by atoms with Gasteiger partial charge in [0.25, 0.3) is 0 Å². The first-order chi connectivity index (χ1) is 22.5. The van der Waals surface area contributed by atoms with Crippen molar-refractivity contribution in [2.45, 2.75) is 44.6 Å². The van der Waals surface area contributed by atoms with Crippen LogP contribution in [0.2, 0.25) is 5.02 Å². The van der Waals surface area contributed by atoms with Crippen LogP contribution in [0.15, 0.2) is 70.6 Å². The van der Waals surface area contributed by atoms with Crippen LogP contribution in [0.25, 0.3) is 15.8 Å². The van der Waals surface area contributed by atoms with Crippen molar-refractivity contribution in [2.75, 3.05) is 32.1 Å². The summed E-state index contributed by atoms with van der Waals surface area (Å²) in [5.74, 6) is 1.11. The van der Waals surface area contributed by atoms with Gasteiger partial charge in [-0.1, -0.05) is 48.0 Å². The van der Waals surface area contributed by atoms with Crippen LogP contribution in [0.1, 0.15) is 52.1 Å². The molecule has 13 heteroatoms. The molecule has 0 fully saturated rings. The molecule has 47 heavy (non-hydrogen) atoms. The molecule has 0 spiro atoms. The van der Waals surface area contributed by atoms with E-state index in [2.05, 4.69) is 34.1 Å². The summed E-state index contributed by atoms with van der Waals surface area (Å²) in [5, 5.41) is 14.9. The van der Waals surface area contributed by atoms with E-state index < -0.39 is 16.1 Å². The monoisotopic (exact) mass is 689 g/mol. The molecule has 2 N–H and O–H groups in total. The van der Waals surface area contributed by atoms with E-state index in [0.29, 0.717) is 29.2 Å². The van der Waals surface area contributed by atoms with Gasteiger partial charge in [-0.2, -0.15) is 0 Å². The maximum Gasteiger partial charge on any atom is 0.241 e. The number of nitrogens with one attached hydrogen (secondary N) is 2. The molecule has 3 aromatic carbocycles.